The lowest BCUT2D eigenvalue weighted by atomic mass is 10.2. The molecule has 0 nitrogen and oxygen atoms in total. The molecule has 0 spiro atoms. The van der Waals surface area contributed by atoms with E-state index in [9.17, 15) is 0 Å². The van der Waals surface area contributed by atoms with Gasteiger partial charge in [-0.25, -0.2) is 0 Å². The summed E-state index contributed by atoms with van der Waals surface area (Å²) in [6, 6.07) is 0. The summed E-state index contributed by atoms with van der Waals surface area (Å²) in [4.78, 5) is 0. The fourth-order valence-electron chi connectivity index (χ4n) is 1.88. The van der Waals surface area contributed by atoms with Crippen LogP contribution in [0.15, 0.2) is 60.8 Å². The van der Waals surface area contributed by atoms with Crippen LogP contribution in [-0.2, 0) is 0 Å². The van der Waals surface area contributed by atoms with Gasteiger partial charge < -0.3 is 0 Å². The zero-order valence-electron chi connectivity index (χ0n) is 14.1. The molecule has 0 bridgehead atoms. The van der Waals surface area contributed by atoms with E-state index in [2.05, 4.69) is 74.6 Å². The fraction of sp³-hybridized carbons (Fsp3) is 0.524. The molecule has 0 aliphatic rings. The van der Waals surface area contributed by atoms with Gasteiger partial charge in [0.2, 0.25) is 0 Å². The molecule has 0 unspecified atom stereocenters. The molecule has 0 rings (SSSR count). The highest BCUT2D eigenvalue weighted by atomic mass is 13.9. The van der Waals surface area contributed by atoms with Crippen molar-refractivity contribution in [2.45, 2.75) is 71.6 Å². The summed E-state index contributed by atoms with van der Waals surface area (Å²) in [5.74, 6) is 0. The molecule has 0 N–H and O–H groups in total. The van der Waals surface area contributed by atoms with Gasteiger partial charge in [-0.1, -0.05) is 87.4 Å². The van der Waals surface area contributed by atoms with Crippen LogP contribution in [0.5, 0.6) is 0 Å². The van der Waals surface area contributed by atoms with Crippen molar-refractivity contribution in [2.75, 3.05) is 0 Å². The maximum absolute atomic E-state index is 2.31. The second-order valence-corrected chi connectivity index (χ2v) is 5.20. The first-order valence-corrected chi connectivity index (χ1v) is 8.66. The first-order chi connectivity index (χ1) is 10.4. The van der Waals surface area contributed by atoms with Crippen molar-refractivity contribution in [1.29, 1.82) is 0 Å². The molecule has 0 saturated heterocycles. The van der Waals surface area contributed by atoms with Gasteiger partial charge in [0.05, 0.1) is 0 Å². The minimum atomic E-state index is 1.05. The molecule has 0 amide bonds. The second kappa shape index (κ2) is 18.7. The molecule has 0 aliphatic carbocycles. The second-order valence-electron chi connectivity index (χ2n) is 5.20. The third-order valence-electron chi connectivity index (χ3n) is 3.13. The van der Waals surface area contributed by atoms with E-state index in [1.54, 1.807) is 0 Å². The summed E-state index contributed by atoms with van der Waals surface area (Å²) in [5.41, 5.74) is 0. The zero-order chi connectivity index (χ0) is 15.4. The van der Waals surface area contributed by atoms with Crippen molar-refractivity contribution in [2.24, 2.45) is 0 Å². The minimum Gasteiger partial charge on any atom is -0.0885 e. The molecule has 0 heterocycles. The van der Waals surface area contributed by atoms with Gasteiger partial charge in [-0.3, -0.25) is 0 Å². The zero-order valence-corrected chi connectivity index (χ0v) is 14.1. The van der Waals surface area contributed by atoms with Crippen molar-refractivity contribution in [1.82, 2.24) is 0 Å². The number of hydrogen-bond donors (Lipinski definition) is 0. The van der Waals surface area contributed by atoms with Crippen molar-refractivity contribution < 1.29 is 0 Å². The summed E-state index contributed by atoms with van der Waals surface area (Å²) in [6.07, 6.45) is 33.1. The first kappa shape index (κ1) is 19.7. The largest absolute Gasteiger partial charge is 0.0885 e. The highest BCUT2D eigenvalue weighted by molar-refractivity contribution is 5.00. The van der Waals surface area contributed by atoms with Gasteiger partial charge in [-0.05, 0) is 44.9 Å². The van der Waals surface area contributed by atoms with Gasteiger partial charge >= 0.3 is 0 Å². The minimum absolute atomic E-state index is 1.05. The molecule has 0 saturated carbocycles. The Morgan fingerprint density at radius 3 is 1.33 bits per heavy atom. The van der Waals surface area contributed by atoms with Crippen LogP contribution < -0.4 is 0 Å². The maximum Gasteiger partial charge on any atom is -0.0169 e. The Morgan fingerprint density at radius 1 is 0.476 bits per heavy atom. The Labute approximate surface area is 133 Å². The van der Waals surface area contributed by atoms with Crippen molar-refractivity contribution in [3.63, 3.8) is 0 Å². The van der Waals surface area contributed by atoms with Gasteiger partial charge in [0, 0.05) is 0 Å². The molecule has 0 aromatic heterocycles. The Hall–Kier alpha value is -1.30. The molecule has 0 atom stereocenters. The average Bonchev–Trinajstić information content (AvgIpc) is 2.50. The molecule has 0 radical (unpaired) electrons. The maximum atomic E-state index is 2.31. The standard InChI is InChI=1S/C21H34/c1-3-5-7-9-11-13-15-17-19-21-20-18-16-14-12-10-8-6-4-2/h5,7,11-14,17-20H,3-4,6,8-10,15-16,21H2,1-2H3. The Balaban J connectivity index is 3.41. The number of rotatable bonds is 13. The monoisotopic (exact) mass is 286 g/mol. The molecule has 0 aromatic rings. The number of allylic oxidation sites excluding steroid dienone is 10. The van der Waals surface area contributed by atoms with E-state index in [1.165, 1.54) is 25.7 Å². The Morgan fingerprint density at radius 2 is 0.905 bits per heavy atom. The summed E-state index contributed by atoms with van der Waals surface area (Å²) in [7, 11) is 0. The Bertz CT molecular complexity index is 326. The van der Waals surface area contributed by atoms with Crippen molar-refractivity contribution in [3.05, 3.63) is 60.8 Å². The third-order valence-corrected chi connectivity index (χ3v) is 3.13. The van der Waals surface area contributed by atoms with Gasteiger partial charge in [0.1, 0.15) is 0 Å². The van der Waals surface area contributed by atoms with Crippen molar-refractivity contribution >= 4 is 0 Å². The molecule has 0 fully saturated rings. The molecular weight excluding hydrogens is 252 g/mol. The molecule has 21 heavy (non-hydrogen) atoms. The van der Waals surface area contributed by atoms with E-state index in [0.29, 0.717) is 0 Å². The number of hydrogen-bond acceptors (Lipinski definition) is 0. The average molecular weight is 287 g/mol. The smallest absolute Gasteiger partial charge is 0.0169 e. The molecule has 0 aliphatic heterocycles. The highest BCUT2D eigenvalue weighted by Crippen LogP contribution is 2.00. The number of unbranched alkanes of at least 4 members (excludes halogenated alkanes) is 3. The first-order valence-electron chi connectivity index (χ1n) is 8.66. The van der Waals surface area contributed by atoms with Crippen molar-refractivity contribution in [3.8, 4) is 0 Å². The summed E-state index contributed by atoms with van der Waals surface area (Å²) < 4.78 is 0. The normalized spacial score (nSPS) is 13.0. The van der Waals surface area contributed by atoms with Gasteiger partial charge in [-0.15, -0.1) is 0 Å². The highest BCUT2D eigenvalue weighted by Gasteiger charge is 1.80. The predicted molar refractivity (Wildman–Crippen MR) is 98.6 cm³/mol. The van der Waals surface area contributed by atoms with Crippen LogP contribution in [0.1, 0.15) is 71.6 Å². The topological polar surface area (TPSA) is 0 Å². The van der Waals surface area contributed by atoms with Gasteiger partial charge in [0.25, 0.3) is 0 Å². The lowest BCUT2D eigenvalue weighted by molar-refractivity contribution is 0.728. The van der Waals surface area contributed by atoms with Crippen LogP contribution in [0.25, 0.3) is 0 Å². The fourth-order valence-corrected chi connectivity index (χ4v) is 1.88. The van der Waals surface area contributed by atoms with Gasteiger partial charge in [-0.2, -0.15) is 0 Å². The van der Waals surface area contributed by atoms with E-state index >= 15 is 0 Å². The molecule has 118 valence electrons. The van der Waals surface area contributed by atoms with E-state index in [1.807, 2.05) is 0 Å². The van der Waals surface area contributed by atoms with E-state index in [0.717, 1.165) is 32.1 Å². The quantitative estimate of drug-likeness (QED) is 0.246. The summed E-state index contributed by atoms with van der Waals surface area (Å²) in [5, 5.41) is 0. The van der Waals surface area contributed by atoms with Crippen LogP contribution in [0.2, 0.25) is 0 Å². The summed E-state index contributed by atoms with van der Waals surface area (Å²) >= 11 is 0. The van der Waals surface area contributed by atoms with Crippen LogP contribution >= 0.6 is 0 Å². The van der Waals surface area contributed by atoms with E-state index in [-0.39, 0.29) is 0 Å². The van der Waals surface area contributed by atoms with Gasteiger partial charge in [0.15, 0.2) is 0 Å². The molecule has 0 aromatic carbocycles. The van der Waals surface area contributed by atoms with Crippen LogP contribution in [0, 0.1) is 0 Å². The van der Waals surface area contributed by atoms with Crippen LogP contribution in [-0.4, -0.2) is 0 Å². The van der Waals surface area contributed by atoms with Crippen LogP contribution in [0.4, 0.5) is 0 Å². The Kier molecular flexibility index (Phi) is 17.5. The van der Waals surface area contributed by atoms with E-state index < -0.39 is 0 Å². The third kappa shape index (κ3) is 18.7. The van der Waals surface area contributed by atoms with Crippen LogP contribution in [0.3, 0.4) is 0 Å². The lowest BCUT2D eigenvalue weighted by Crippen LogP contribution is -1.70. The van der Waals surface area contributed by atoms with E-state index in [4.69, 9.17) is 0 Å². The molecule has 0 heteroatoms. The lowest BCUT2D eigenvalue weighted by Gasteiger charge is -1.90. The summed E-state index contributed by atoms with van der Waals surface area (Å²) in [6.45, 7) is 4.41. The predicted octanol–water partition coefficient (Wildman–Crippen LogP) is 7.32. The SMILES string of the molecule is CCC=CCC=CCC=CCC=CCC=CCCCCC. The molecular formula is C21H34.